The average molecular weight is 508 g/mol. The molecule has 0 saturated carbocycles. The van der Waals surface area contributed by atoms with Crippen molar-refractivity contribution < 1.29 is 23.1 Å². The van der Waals surface area contributed by atoms with Crippen LogP contribution in [0.25, 0.3) is 0 Å². The summed E-state index contributed by atoms with van der Waals surface area (Å²) in [4.78, 5) is 11.9. The van der Waals surface area contributed by atoms with E-state index in [9.17, 15) is 18.3 Å². The molecule has 0 amide bonds. The first-order valence-corrected chi connectivity index (χ1v) is 13.7. The number of carboxylic acids is 1. The number of para-hydroxylation sites is 1. The van der Waals surface area contributed by atoms with Crippen LogP contribution in [0, 0.1) is 13.8 Å². The molecule has 2 unspecified atom stereocenters. The number of hydrogen-bond acceptors (Lipinski definition) is 4. The molecule has 36 heavy (non-hydrogen) atoms. The Morgan fingerprint density at radius 3 is 2.53 bits per heavy atom. The van der Waals surface area contributed by atoms with E-state index in [4.69, 9.17) is 4.74 Å². The molecule has 0 bridgehead atoms. The number of hydrogen-bond donors (Lipinski definition) is 1. The average Bonchev–Trinajstić information content (AvgIpc) is 2.92. The summed E-state index contributed by atoms with van der Waals surface area (Å²) < 4.78 is 34.4. The molecule has 2 atom stereocenters. The van der Waals surface area contributed by atoms with Crippen LogP contribution >= 0.6 is 0 Å². The van der Waals surface area contributed by atoms with Crippen molar-refractivity contribution in [1.29, 1.82) is 0 Å². The van der Waals surface area contributed by atoms with E-state index in [1.54, 1.807) is 24.3 Å². The van der Waals surface area contributed by atoms with Crippen molar-refractivity contribution in [1.82, 2.24) is 4.31 Å². The van der Waals surface area contributed by atoms with E-state index in [0.717, 1.165) is 23.1 Å². The Hall–Kier alpha value is -3.16. The fourth-order valence-electron chi connectivity index (χ4n) is 4.69. The van der Waals surface area contributed by atoms with Gasteiger partial charge in [0.1, 0.15) is 16.7 Å². The number of aliphatic carboxylic acids is 1. The second-order valence-corrected chi connectivity index (χ2v) is 11.6. The topological polar surface area (TPSA) is 83.9 Å². The van der Waals surface area contributed by atoms with Crippen molar-refractivity contribution in [2.24, 2.45) is 0 Å². The van der Waals surface area contributed by atoms with Crippen molar-refractivity contribution in [3.05, 3.63) is 94.5 Å². The van der Waals surface area contributed by atoms with Crippen molar-refractivity contribution in [3.8, 4) is 5.75 Å². The number of fused-ring (bicyclic) bond motifs is 1. The fourth-order valence-corrected chi connectivity index (χ4v) is 6.30. The van der Waals surface area contributed by atoms with Crippen molar-refractivity contribution in [2.75, 3.05) is 6.54 Å². The molecule has 1 aliphatic rings. The van der Waals surface area contributed by atoms with Gasteiger partial charge in [-0.3, -0.25) is 4.79 Å². The number of nitrogens with zero attached hydrogens (tertiary/aromatic N) is 1. The zero-order valence-electron chi connectivity index (χ0n) is 21.0. The van der Waals surface area contributed by atoms with Gasteiger partial charge in [0.15, 0.2) is 0 Å². The normalized spacial score (nSPS) is 18.0. The van der Waals surface area contributed by atoms with Gasteiger partial charge in [0, 0.05) is 6.54 Å². The molecule has 7 heteroatoms. The minimum Gasteiger partial charge on any atom is -0.488 e. The van der Waals surface area contributed by atoms with Gasteiger partial charge in [-0.1, -0.05) is 60.2 Å². The molecule has 0 aromatic heterocycles. The molecular weight excluding hydrogens is 474 g/mol. The van der Waals surface area contributed by atoms with Gasteiger partial charge in [-0.25, -0.2) is 8.42 Å². The van der Waals surface area contributed by atoms with E-state index >= 15 is 0 Å². The maximum Gasteiger partial charge on any atom is 0.303 e. The summed E-state index contributed by atoms with van der Waals surface area (Å²) >= 11 is 0. The molecule has 1 heterocycles. The summed E-state index contributed by atoms with van der Waals surface area (Å²) in [5.74, 6) is -0.647. The van der Waals surface area contributed by atoms with E-state index in [2.05, 4.69) is 24.3 Å². The van der Waals surface area contributed by atoms with E-state index in [0.29, 0.717) is 12.2 Å². The quantitative estimate of drug-likeness (QED) is 0.437. The first-order chi connectivity index (χ1) is 17.1. The van der Waals surface area contributed by atoms with Gasteiger partial charge in [0.2, 0.25) is 10.0 Å². The maximum atomic E-state index is 13.5. The molecule has 3 aromatic carbocycles. The van der Waals surface area contributed by atoms with Crippen LogP contribution in [-0.2, 0) is 27.8 Å². The Kier molecular flexibility index (Phi) is 7.81. The Labute approximate surface area is 213 Å². The Morgan fingerprint density at radius 2 is 1.81 bits per heavy atom. The second kappa shape index (κ2) is 10.8. The molecule has 6 nitrogen and oxygen atoms in total. The SMILES string of the molecule is Cc1ccc(CCC(CC(=O)O)c2ccc(C)c(CN3CC(C)Oc4ccccc4S3(=O)=O)c2)cc1. The first-order valence-electron chi connectivity index (χ1n) is 12.3. The van der Waals surface area contributed by atoms with Crippen LogP contribution in [0.2, 0.25) is 0 Å². The first kappa shape index (κ1) is 25.9. The van der Waals surface area contributed by atoms with Crippen LogP contribution in [0.4, 0.5) is 0 Å². The van der Waals surface area contributed by atoms with Gasteiger partial charge in [-0.2, -0.15) is 4.31 Å². The van der Waals surface area contributed by atoms with Gasteiger partial charge in [-0.15, -0.1) is 0 Å². The van der Waals surface area contributed by atoms with E-state index < -0.39 is 16.0 Å². The standard InChI is InChI=1S/C29H33NO5S/c1-20-8-11-23(12-9-20)13-15-25(17-29(31)32)24-14-10-21(2)26(16-24)19-30-18-22(3)35-27-6-4-5-7-28(27)36(30,33)34/h4-12,14,16,22,25H,13,15,17-19H2,1-3H3,(H,31,32). The smallest absolute Gasteiger partial charge is 0.303 e. The van der Waals surface area contributed by atoms with Crippen LogP contribution in [0.15, 0.2) is 71.6 Å². The molecule has 4 rings (SSSR count). The summed E-state index contributed by atoms with van der Waals surface area (Å²) in [6.45, 7) is 6.28. The lowest BCUT2D eigenvalue weighted by Gasteiger charge is -2.23. The number of sulfonamides is 1. The van der Waals surface area contributed by atoms with Crippen LogP contribution in [0.3, 0.4) is 0 Å². The minimum absolute atomic E-state index is 0.0224. The third kappa shape index (κ3) is 5.97. The molecule has 0 spiro atoms. The van der Waals surface area contributed by atoms with Gasteiger partial charge in [-0.05, 0) is 73.9 Å². The molecule has 0 saturated heterocycles. The number of rotatable bonds is 8. The molecule has 1 N–H and O–H groups in total. The Bertz CT molecular complexity index is 1330. The molecular formula is C29H33NO5S. The summed E-state index contributed by atoms with van der Waals surface area (Å²) in [7, 11) is -3.75. The highest BCUT2D eigenvalue weighted by atomic mass is 32.2. The van der Waals surface area contributed by atoms with Crippen LogP contribution in [-0.4, -0.2) is 36.4 Å². The summed E-state index contributed by atoms with van der Waals surface area (Å²) in [6.07, 6.45) is 1.18. The lowest BCUT2D eigenvalue weighted by Crippen LogP contribution is -2.35. The zero-order valence-corrected chi connectivity index (χ0v) is 21.8. The predicted octanol–water partition coefficient (Wildman–Crippen LogP) is 5.47. The van der Waals surface area contributed by atoms with Gasteiger partial charge in [0.25, 0.3) is 0 Å². The minimum atomic E-state index is -3.75. The number of benzene rings is 3. The highest BCUT2D eigenvalue weighted by Gasteiger charge is 2.33. The molecule has 0 radical (unpaired) electrons. The number of carboxylic acid groups (broad SMARTS) is 1. The fraction of sp³-hybridized carbons (Fsp3) is 0.345. The summed E-state index contributed by atoms with van der Waals surface area (Å²) in [5.41, 5.74) is 5.12. The Balaban J connectivity index is 1.61. The van der Waals surface area contributed by atoms with Crippen LogP contribution in [0.1, 0.15) is 53.5 Å². The molecule has 190 valence electrons. The third-order valence-corrected chi connectivity index (χ3v) is 8.62. The Morgan fingerprint density at radius 1 is 1.08 bits per heavy atom. The number of ether oxygens (including phenoxy) is 1. The maximum absolute atomic E-state index is 13.5. The monoisotopic (exact) mass is 507 g/mol. The summed E-state index contributed by atoms with van der Waals surface area (Å²) in [6, 6.07) is 20.9. The van der Waals surface area contributed by atoms with Crippen molar-refractivity contribution in [2.45, 2.75) is 63.5 Å². The van der Waals surface area contributed by atoms with Crippen molar-refractivity contribution in [3.63, 3.8) is 0 Å². The third-order valence-electron chi connectivity index (χ3n) is 6.77. The molecule has 0 aliphatic carbocycles. The lowest BCUT2D eigenvalue weighted by atomic mass is 9.88. The van der Waals surface area contributed by atoms with E-state index in [1.807, 2.05) is 39.0 Å². The molecule has 3 aromatic rings. The molecule has 0 fully saturated rings. The van der Waals surface area contributed by atoms with Crippen LogP contribution < -0.4 is 4.74 Å². The largest absolute Gasteiger partial charge is 0.488 e. The summed E-state index contributed by atoms with van der Waals surface area (Å²) in [5, 5.41) is 9.58. The number of carbonyl (C=O) groups is 1. The van der Waals surface area contributed by atoms with Crippen molar-refractivity contribution >= 4 is 16.0 Å². The van der Waals surface area contributed by atoms with Crippen LogP contribution in [0.5, 0.6) is 5.75 Å². The molecule has 1 aliphatic heterocycles. The van der Waals surface area contributed by atoms with Gasteiger partial charge >= 0.3 is 5.97 Å². The highest BCUT2D eigenvalue weighted by molar-refractivity contribution is 7.89. The van der Waals surface area contributed by atoms with Gasteiger partial charge in [0.05, 0.1) is 13.0 Å². The van der Waals surface area contributed by atoms with Gasteiger partial charge < -0.3 is 9.84 Å². The van der Waals surface area contributed by atoms with E-state index in [1.165, 1.54) is 15.4 Å². The van der Waals surface area contributed by atoms with E-state index in [-0.39, 0.29) is 36.4 Å². The lowest BCUT2D eigenvalue weighted by molar-refractivity contribution is -0.137. The highest BCUT2D eigenvalue weighted by Crippen LogP contribution is 2.33. The second-order valence-electron chi connectivity index (χ2n) is 9.68. The predicted molar refractivity (Wildman–Crippen MR) is 140 cm³/mol. The zero-order chi connectivity index (χ0) is 25.9. The number of aryl methyl sites for hydroxylation is 3.